The fourth-order valence-corrected chi connectivity index (χ4v) is 3.12. The number of alkyl halides is 2. The highest BCUT2D eigenvalue weighted by atomic mass is 32.2. The Bertz CT molecular complexity index is 952. The van der Waals surface area contributed by atoms with E-state index >= 15 is 0 Å². The topological polar surface area (TPSA) is 78.3 Å². The molecule has 0 bridgehead atoms. The summed E-state index contributed by atoms with van der Waals surface area (Å²) in [4.78, 5) is 12.3. The minimum atomic E-state index is -2.98. The smallest absolute Gasteiger partial charge is 0.387 e. The van der Waals surface area contributed by atoms with E-state index in [2.05, 4.69) is 20.3 Å². The van der Waals surface area contributed by atoms with Crippen LogP contribution >= 0.6 is 11.8 Å². The predicted molar refractivity (Wildman–Crippen MR) is 100 cm³/mol. The molecule has 0 unspecified atom stereocenters. The number of benzene rings is 2. The molecular formula is C18H16F2N4O3S. The van der Waals surface area contributed by atoms with Crippen LogP contribution in [-0.2, 0) is 4.79 Å². The molecule has 10 heteroatoms. The van der Waals surface area contributed by atoms with E-state index in [9.17, 15) is 13.6 Å². The van der Waals surface area contributed by atoms with Crippen LogP contribution in [-0.4, -0.2) is 40.1 Å². The van der Waals surface area contributed by atoms with Crippen LogP contribution < -0.4 is 14.8 Å². The molecule has 0 aliphatic carbocycles. The summed E-state index contributed by atoms with van der Waals surface area (Å²) in [7, 11) is 1.56. The first-order valence-corrected chi connectivity index (χ1v) is 9.07. The number of nitrogens with zero attached hydrogens (tertiary/aromatic N) is 3. The molecule has 0 spiro atoms. The van der Waals surface area contributed by atoms with Gasteiger partial charge in [0.2, 0.25) is 5.91 Å². The van der Waals surface area contributed by atoms with Crippen LogP contribution in [0, 0.1) is 0 Å². The summed E-state index contributed by atoms with van der Waals surface area (Å²) in [6.45, 7) is -2.98. The fraction of sp³-hybridized carbons (Fsp3) is 0.167. The molecule has 0 atom stereocenters. The van der Waals surface area contributed by atoms with E-state index in [4.69, 9.17) is 4.74 Å². The van der Waals surface area contributed by atoms with Gasteiger partial charge in [-0.25, -0.2) is 0 Å². The van der Waals surface area contributed by atoms with Gasteiger partial charge in [0.1, 0.15) is 17.8 Å². The number of ether oxygens (including phenoxy) is 2. The van der Waals surface area contributed by atoms with Gasteiger partial charge in [-0.2, -0.15) is 8.78 Å². The molecule has 1 aromatic heterocycles. The normalized spacial score (nSPS) is 10.7. The first kappa shape index (κ1) is 19.6. The SMILES string of the molecule is COc1ccccc1-n1cnnc1SCC(=O)Nc1ccccc1OC(F)F. The molecule has 1 heterocycles. The number of anilines is 1. The third kappa shape index (κ3) is 4.77. The van der Waals surface area contributed by atoms with Crippen LogP contribution in [0.1, 0.15) is 0 Å². The van der Waals surface area contributed by atoms with E-state index in [1.807, 2.05) is 18.2 Å². The van der Waals surface area contributed by atoms with Gasteiger partial charge in [-0.1, -0.05) is 36.0 Å². The van der Waals surface area contributed by atoms with E-state index in [0.717, 1.165) is 17.4 Å². The molecule has 146 valence electrons. The van der Waals surface area contributed by atoms with Crippen LogP contribution in [0.2, 0.25) is 0 Å². The molecule has 0 saturated carbocycles. The first-order chi connectivity index (χ1) is 13.6. The van der Waals surface area contributed by atoms with E-state index < -0.39 is 12.5 Å². The van der Waals surface area contributed by atoms with Crippen molar-refractivity contribution in [1.29, 1.82) is 0 Å². The molecule has 2 aromatic carbocycles. The Balaban J connectivity index is 1.68. The second-order valence-corrected chi connectivity index (χ2v) is 6.31. The average Bonchev–Trinajstić information content (AvgIpc) is 3.16. The summed E-state index contributed by atoms with van der Waals surface area (Å²) < 4.78 is 36.4. The standard InChI is InChI=1S/C18H16F2N4O3S/c1-26-15-9-5-3-7-13(15)24-11-21-23-18(24)28-10-16(25)22-12-6-2-4-8-14(12)27-17(19)20/h2-9,11,17H,10H2,1H3,(H,22,25). The van der Waals surface area contributed by atoms with Gasteiger partial charge in [-0.05, 0) is 24.3 Å². The van der Waals surface area contributed by atoms with Crippen molar-refractivity contribution in [3.05, 3.63) is 54.9 Å². The molecule has 0 saturated heterocycles. The molecular weight excluding hydrogens is 390 g/mol. The molecule has 28 heavy (non-hydrogen) atoms. The number of carbonyl (C=O) groups excluding carboxylic acids is 1. The maximum atomic E-state index is 12.5. The van der Waals surface area contributed by atoms with Crippen LogP contribution in [0.25, 0.3) is 5.69 Å². The highest BCUT2D eigenvalue weighted by Crippen LogP contribution is 2.28. The van der Waals surface area contributed by atoms with Crippen molar-refractivity contribution in [2.45, 2.75) is 11.8 Å². The predicted octanol–water partition coefficient (Wildman–Crippen LogP) is 3.61. The number of halogens is 2. The number of para-hydroxylation sites is 4. The number of methoxy groups -OCH3 is 1. The second kappa shape index (κ2) is 9.18. The Labute approximate surface area is 163 Å². The minimum absolute atomic E-state index is 0.00312. The average molecular weight is 406 g/mol. The molecule has 0 radical (unpaired) electrons. The fourth-order valence-electron chi connectivity index (χ4n) is 2.40. The monoisotopic (exact) mass is 406 g/mol. The Morgan fingerprint density at radius 1 is 1.18 bits per heavy atom. The zero-order valence-corrected chi connectivity index (χ0v) is 15.5. The number of thioether (sulfide) groups is 1. The van der Waals surface area contributed by atoms with E-state index in [1.165, 1.54) is 24.5 Å². The highest BCUT2D eigenvalue weighted by molar-refractivity contribution is 7.99. The lowest BCUT2D eigenvalue weighted by Crippen LogP contribution is -2.16. The molecule has 1 amide bonds. The van der Waals surface area contributed by atoms with Crippen molar-refractivity contribution >= 4 is 23.4 Å². The number of nitrogens with one attached hydrogen (secondary N) is 1. The minimum Gasteiger partial charge on any atom is -0.495 e. The van der Waals surface area contributed by atoms with Gasteiger partial charge in [0.05, 0.1) is 24.2 Å². The molecule has 1 N–H and O–H groups in total. The van der Waals surface area contributed by atoms with Crippen LogP contribution in [0.15, 0.2) is 60.0 Å². The lowest BCUT2D eigenvalue weighted by molar-refractivity contribution is -0.113. The van der Waals surface area contributed by atoms with Crippen molar-refractivity contribution in [3.8, 4) is 17.2 Å². The molecule has 3 rings (SSSR count). The van der Waals surface area contributed by atoms with Crippen molar-refractivity contribution in [2.24, 2.45) is 0 Å². The van der Waals surface area contributed by atoms with Gasteiger partial charge in [0, 0.05) is 0 Å². The van der Waals surface area contributed by atoms with Crippen molar-refractivity contribution in [3.63, 3.8) is 0 Å². The number of hydrogen-bond donors (Lipinski definition) is 1. The summed E-state index contributed by atoms with van der Waals surface area (Å²) in [5, 5.41) is 10.9. The third-order valence-electron chi connectivity index (χ3n) is 3.57. The zero-order valence-electron chi connectivity index (χ0n) is 14.7. The second-order valence-electron chi connectivity index (χ2n) is 5.37. The van der Waals surface area contributed by atoms with Crippen LogP contribution in [0.4, 0.5) is 14.5 Å². The lowest BCUT2D eigenvalue weighted by Gasteiger charge is -2.12. The number of hydrogen-bond acceptors (Lipinski definition) is 6. The molecule has 0 aliphatic heterocycles. The zero-order chi connectivity index (χ0) is 19.9. The Kier molecular flexibility index (Phi) is 6.43. The molecule has 3 aromatic rings. The van der Waals surface area contributed by atoms with E-state index in [0.29, 0.717) is 10.9 Å². The summed E-state index contributed by atoms with van der Waals surface area (Å²) in [5.74, 6) is 0.126. The highest BCUT2D eigenvalue weighted by Gasteiger charge is 2.15. The summed E-state index contributed by atoms with van der Waals surface area (Å²) in [5.41, 5.74) is 0.896. The van der Waals surface area contributed by atoms with Gasteiger partial charge in [0.15, 0.2) is 5.16 Å². The molecule has 0 fully saturated rings. The van der Waals surface area contributed by atoms with Crippen molar-refractivity contribution < 1.29 is 23.0 Å². The van der Waals surface area contributed by atoms with Crippen molar-refractivity contribution in [2.75, 3.05) is 18.2 Å². The van der Waals surface area contributed by atoms with E-state index in [-0.39, 0.29) is 17.2 Å². The summed E-state index contributed by atoms with van der Waals surface area (Å²) in [6.07, 6.45) is 1.52. The van der Waals surface area contributed by atoms with Gasteiger partial charge in [0.25, 0.3) is 0 Å². The number of aromatic nitrogens is 3. The quantitative estimate of drug-likeness (QED) is 0.576. The number of rotatable bonds is 8. The van der Waals surface area contributed by atoms with Crippen molar-refractivity contribution in [1.82, 2.24) is 14.8 Å². The molecule has 7 nitrogen and oxygen atoms in total. The van der Waals surface area contributed by atoms with Crippen LogP contribution in [0.5, 0.6) is 11.5 Å². The third-order valence-corrected chi connectivity index (χ3v) is 4.51. The lowest BCUT2D eigenvalue weighted by atomic mass is 10.3. The Hall–Kier alpha value is -3.14. The maximum absolute atomic E-state index is 12.5. The largest absolute Gasteiger partial charge is 0.495 e. The maximum Gasteiger partial charge on any atom is 0.387 e. The Morgan fingerprint density at radius 2 is 1.89 bits per heavy atom. The van der Waals surface area contributed by atoms with E-state index in [1.54, 1.807) is 23.8 Å². The number of amides is 1. The number of carbonyl (C=O) groups is 1. The first-order valence-electron chi connectivity index (χ1n) is 8.08. The summed E-state index contributed by atoms with van der Waals surface area (Å²) in [6, 6.07) is 13.3. The van der Waals surface area contributed by atoms with Gasteiger partial charge in [-0.3, -0.25) is 9.36 Å². The van der Waals surface area contributed by atoms with Crippen LogP contribution in [0.3, 0.4) is 0 Å². The van der Waals surface area contributed by atoms with Gasteiger partial charge >= 0.3 is 6.61 Å². The Morgan fingerprint density at radius 3 is 2.64 bits per heavy atom. The van der Waals surface area contributed by atoms with Gasteiger partial charge in [-0.15, -0.1) is 10.2 Å². The molecule has 0 aliphatic rings. The van der Waals surface area contributed by atoms with Gasteiger partial charge < -0.3 is 14.8 Å². The summed E-state index contributed by atoms with van der Waals surface area (Å²) >= 11 is 1.15.